The number of thiophene rings is 1. The number of rotatable bonds is 5. The van der Waals surface area contributed by atoms with Crippen LogP contribution in [0, 0.1) is 0 Å². The van der Waals surface area contributed by atoms with Gasteiger partial charge in [-0.1, -0.05) is 12.1 Å². The van der Waals surface area contributed by atoms with Gasteiger partial charge in [-0.2, -0.15) is 0 Å². The lowest BCUT2D eigenvalue weighted by Crippen LogP contribution is -2.22. The minimum Gasteiger partial charge on any atom is -0.465 e. The summed E-state index contributed by atoms with van der Waals surface area (Å²) in [7, 11) is 3.33. The molecule has 2 rings (SSSR count). The van der Waals surface area contributed by atoms with Crippen molar-refractivity contribution in [3.63, 3.8) is 0 Å². The molecule has 106 valence electrons. The first-order valence-electron chi connectivity index (χ1n) is 6.33. The lowest BCUT2D eigenvalue weighted by atomic mass is 10.1. The maximum atomic E-state index is 11.6. The van der Waals surface area contributed by atoms with Crippen molar-refractivity contribution in [2.45, 2.75) is 6.42 Å². The Balaban J connectivity index is 2.13. The molecule has 2 aromatic rings. The van der Waals surface area contributed by atoms with Gasteiger partial charge in [0.1, 0.15) is 0 Å². The van der Waals surface area contributed by atoms with Gasteiger partial charge < -0.3 is 15.4 Å². The molecule has 0 radical (unpaired) electrons. The van der Waals surface area contributed by atoms with Crippen LogP contribution in [0.3, 0.4) is 0 Å². The van der Waals surface area contributed by atoms with Crippen molar-refractivity contribution in [3.05, 3.63) is 46.2 Å². The Bertz CT molecular complexity index is 582. The standard InChI is InChI=1S/C15H18N2O2S/c1-17(9-8-11-5-4-10-20-11)13-7-3-6-12(14(13)16)15(18)19-2/h3-7,10H,8-9,16H2,1-2H3. The van der Waals surface area contributed by atoms with E-state index in [9.17, 15) is 4.79 Å². The number of methoxy groups -OCH3 is 1. The zero-order chi connectivity index (χ0) is 14.5. The first-order chi connectivity index (χ1) is 9.63. The van der Waals surface area contributed by atoms with Gasteiger partial charge in [0.05, 0.1) is 24.0 Å². The minimum atomic E-state index is -0.406. The molecule has 0 bridgehead atoms. The molecular formula is C15H18N2O2S. The number of benzene rings is 1. The van der Waals surface area contributed by atoms with E-state index < -0.39 is 5.97 Å². The molecule has 0 spiro atoms. The predicted molar refractivity (Wildman–Crippen MR) is 83.5 cm³/mol. The second-order valence-corrected chi connectivity index (χ2v) is 5.51. The predicted octanol–water partition coefficient (Wildman–Crippen LogP) is 2.80. The van der Waals surface area contributed by atoms with E-state index in [1.807, 2.05) is 25.2 Å². The fourth-order valence-electron chi connectivity index (χ4n) is 2.03. The second-order valence-electron chi connectivity index (χ2n) is 4.48. The van der Waals surface area contributed by atoms with Crippen LogP contribution in [0.15, 0.2) is 35.7 Å². The highest BCUT2D eigenvalue weighted by Gasteiger charge is 2.14. The number of likely N-dealkylation sites (N-methyl/N-ethyl adjacent to an activating group) is 1. The maximum absolute atomic E-state index is 11.6. The van der Waals surface area contributed by atoms with Crippen LogP contribution in [0.5, 0.6) is 0 Å². The van der Waals surface area contributed by atoms with E-state index in [1.54, 1.807) is 17.4 Å². The van der Waals surface area contributed by atoms with Crippen LogP contribution in [0.25, 0.3) is 0 Å². The fourth-order valence-corrected chi connectivity index (χ4v) is 2.73. The molecule has 5 heteroatoms. The van der Waals surface area contributed by atoms with Crippen molar-refractivity contribution < 1.29 is 9.53 Å². The monoisotopic (exact) mass is 290 g/mol. The Morgan fingerprint density at radius 2 is 2.15 bits per heavy atom. The smallest absolute Gasteiger partial charge is 0.340 e. The van der Waals surface area contributed by atoms with E-state index in [0.29, 0.717) is 11.3 Å². The first kappa shape index (κ1) is 14.4. The highest BCUT2D eigenvalue weighted by atomic mass is 32.1. The Kier molecular flexibility index (Phi) is 4.63. The molecule has 0 aliphatic rings. The normalized spacial score (nSPS) is 10.3. The van der Waals surface area contributed by atoms with Crippen molar-refractivity contribution in [2.24, 2.45) is 0 Å². The van der Waals surface area contributed by atoms with Gasteiger partial charge in [-0.15, -0.1) is 11.3 Å². The van der Waals surface area contributed by atoms with E-state index in [-0.39, 0.29) is 0 Å². The zero-order valence-corrected chi connectivity index (χ0v) is 12.4. The average Bonchev–Trinajstić information content (AvgIpc) is 2.97. The van der Waals surface area contributed by atoms with Crippen LogP contribution in [0.1, 0.15) is 15.2 Å². The molecule has 1 heterocycles. The van der Waals surface area contributed by atoms with Crippen LogP contribution < -0.4 is 10.6 Å². The third-order valence-corrected chi connectivity index (χ3v) is 4.11. The summed E-state index contributed by atoms with van der Waals surface area (Å²) in [5, 5.41) is 2.07. The van der Waals surface area contributed by atoms with E-state index in [1.165, 1.54) is 12.0 Å². The molecule has 0 fully saturated rings. The number of ether oxygens (including phenoxy) is 1. The molecule has 0 amide bonds. The SMILES string of the molecule is COC(=O)c1cccc(N(C)CCc2cccs2)c1N. The largest absolute Gasteiger partial charge is 0.465 e. The van der Waals surface area contributed by atoms with Crippen molar-refractivity contribution in [1.82, 2.24) is 0 Å². The van der Waals surface area contributed by atoms with Gasteiger partial charge in [0.2, 0.25) is 0 Å². The van der Waals surface area contributed by atoms with E-state index in [4.69, 9.17) is 10.5 Å². The van der Waals surface area contributed by atoms with Crippen molar-refractivity contribution in [1.29, 1.82) is 0 Å². The lowest BCUT2D eigenvalue weighted by Gasteiger charge is -2.21. The van der Waals surface area contributed by atoms with Crippen LogP contribution in [0.4, 0.5) is 11.4 Å². The van der Waals surface area contributed by atoms with Gasteiger partial charge in [-0.25, -0.2) is 4.79 Å². The Hall–Kier alpha value is -2.01. The van der Waals surface area contributed by atoms with Gasteiger partial charge in [-0.05, 0) is 30.0 Å². The van der Waals surface area contributed by atoms with Gasteiger partial charge in [0, 0.05) is 18.5 Å². The molecule has 1 aromatic heterocycles. The Morgan fingerprint density at radius 3 is 2.80 bits per heavy atom. The molecule has 0 unspecified atom stereocenters. The molecule has 0 aliphatic heterocycles. The summed E-state index contributed by atoms with van der Waals surface area (Å²) in [6.07, 6.45) is 0.954. The highest BCUT2D eigenvalue weighted by molar-refractivity contribution is 7.09. The van der Waals surface area contributed by atoms with E-state index in [2.05, 4.69) is 16.3 Å². The highest BCUT2D eigenvalue weighted by Crippen LogP contribution is 2.26. The van der Waals surface area contributed by atoms with Crippen molar-refractivity contribution in [2.75, 3.05) is 31.3 Å². The van der Waals surface area contributed by atoms with Crippen LogP contribution in [0.2, 0.25) is 0 Å². The molecule has 0 saturated carbocycles. The molecule has 0 saturated heterocycles. The molecule has 0 atom stereocenters. The number of para-hydroxylation sites is 1. The molecule has 0 aliphatic carbocycles. The van der Waals surface area contributed by atoms with Crippen LogP contribution in [-0.4, -0.2) is 26.7 Å². The zero-order valence-electron chi connectivity index (χ0n) is 11.6. The van der Waals surface area contributed by atoms with Crippen LogP contribution in [-0.2, 0) is 11.2 Å². The Morgan fingerprint density at radius 1 is 1.35 bits per heavy atom. The number of nitrogens with two attached hydrogens (primary N) is 1. The van der Waals surface area contributed by atoms with Gasteiger partial charge in [-0.3, -0.25) is 0 Å². The summed E-state index contributed by atoms with van der Waals surface area (Å²) in [6.45, 7) is 0.843. The number of esters is 1. The third-order valence-electron chi connectivity index (χ3n) is 3.17. The van der Waals surface area contributed by atoms with Gasteiger partial charge >= 0.3 is 5.97 Å². The maximum Gasteiger partial charge on any atom is 0.340 e. The molecule has 4 nitrogen and oxygen atoms in total. The second kappa shape index (κ2) is 6.43. The molecule has 2 N–H and O–H groups in total. The first-order valence-corrected chi connectivity index (χ1v) is 7.21. The molecule has 1 aromatic carbocycles. The fraction of sp³-hybridized carbons (Fsp3) is 0.267. The molecule has 20 heavy (non-hydrogen) atoms. The van der Waals surface area contributed by atoms with E-state index in [0.717, 1.165) is 18.7 Å². The topological polar surface area (TPSA) is 55.6 Å². The summed E-state index contributed by atoms with van der Waals surface area (Å²) in [5.74, 6) is -0.406. The van der Waals surface area contributed by atoms with Crippen LogP contribution >= 0.6 is 11.3 Å². The average molecular weight is 290 g/mol. The quantitative estimate of drug-likeness (QED) is 0.679. The number of carbonyl (C=O) groups is 1. The Labute approximate surface area is 122 Å². The summed E-state index contributed by atoms with van der Waals surface area (Å²) < 4.78 is 4.73. The number of anilines is 2. The van der Waals surface area contributed by atoms with Crippen molar-refractivity contribution in [3.8, 4) is 0 Å². The van der Waals surface area contributed by atoms with E-state index >= 15 is 0 Å². The summed E-state index contributed by atoms with van der Waals surface area (Å²) >= 11 is 1.74. The van der Waals surface area contributed by atoms with Gasteiger partial charge in [0.15, 0.2) is 0 Å². The third kappa shape index (κ3) is 3.11. The number of hydrogen-bond acceptors (Lipinski definition) is 5. The summed E-state index contributed by atoms with van der Waals surface area (Å²) in [6, 6.07) is 9.58. The number of nitrogens with zero attached hydrogens (tertiary/aromatic N) is 1. The van der Waals surface area contributed by atoms with Crippen molar-refractivity contribution >= 4 is 28.7 Å². The number of carbonyl (C=O) groups excluding carboxylic acids is 1. The molecular weight excluding hydrogens is 272 g/mol. The van der Waals surface area contributed by atoms with Gasteiger partial charge in [0.25, 0.3) is 0 Å². The summed E-state index contributed by atoms with van der Waals surface area (Å²) in [5.41, 5.74) is 7.80. The lowest BCUT2D eigenvalue weighted by molar-refractivity contribution is 0.0602. The minimum absolute atomic E-state index is 0.406. The summed E-state index contributed by atoms with van der Waals surface area (Å²) in [4.78, 5) is 15.0. The number of nitrogen functional groups attached to an aromatic ring is 1. The number of hydrogen-bond donors (Lipinski definition) is 1.